The molecule has 0 aromatic heterocycles. The van der Waals surface area contributed by atoms with Crippen molar-refractivity contribution in [3.63, 3.8) is 0 Å². The third-order valence-corrected chi connectivity index (χ3v) is 4.89. The minimum atomic E-state index is -0.212. The molecule has 142 valence electrons. The van der Waals surface area contributed by atoms with Crippen LogP contribution in [0.2, 0.25) is 0 Å². The number of hydrogen-bond acceptors (Lipinski definition) is 2. The van der Waals surface area contributed by atoms with Crippen LogP contribution in [-0.4, -0.2) is 22.7 Å². The molecule has 0 amide bonds. The van der Waals surface area contributed by atoms with Gasteiger partial charge >= 0.3 is 0 Å². The molecule has 2 heteroatoms. The molecule has 0 aliphatic heterocycles. The highest BCUT2D eigenvalue weighted by Crippen LogP contribution is 2.22. The first-order chi connectivity index (χ1) is 12.6. The van der Waals surface area contributed by atoms with Crippen LogP contribution in [0.1, 0.15) is 51.2 Å². The predicted octanol–water partition coefficient (Wildman–Crippen LogP) is 5.51. The zero-order valence-corrected chi connectivity index (χ0v) is 16.6. The smallest absolute Gasteiger partial charge is 0.0580 e. The van der Waals surface area contributed by atoms with Gasteiger partial charge in [0.25, 0.3) is 0 Å². The molecule has 0 aliphatic carbocycles. The van der Waals surface area contributed by atoms with E-state index < -0.39 is 0 Å². The standard InChI is InChI=1S/C24H35NO/c1-4-11-24(26)23(16-20(2)3)19-25(17-21-12-7-5-8-13-21)18-22-14-9-6-10-15-22/h5-10,12-15,20,23-24,26H,4,11,16-19H2,1-3H3/t23-,24-/m1/s1. The van der Waals surface area contributed by atoms with Crippen molar-refractivity contribution in [1.29, 1.82) is 0 Å². The molecule has 1 N–H and O–H groups in total. The van der Waals surface area contributed by atoms with E-state index in [2.05, 4.69) is 86.3 Å². The summed E-state index contributed by atoms with van der Waals surface area (Å²) in [5.41, 5.74) is 2.66. The number of nitrogens with zero attached hydrogens (tertiary/aromatic N) is 1. The lowest BCUT2D eigenvalue weighted by Crippen LogP contribution is -2.35. The second-order valence-electron chi connectivity index (χ2n) is 7.89. The van der Waals surface area contributed by atoms with Crippen molar-refractivity contribution in [1.82, 2.24) is 4.90 Å². The minimum absolute atomic E-state index is 0.212. The van der Waals surface area contributed by atoms with E-state index in [0.29, 0.717) is 11.8 Å². The quantitative estimate of drug-likeness (QED) is 0.575. The first-order valence-electron chi connectivity index (χ1n) is 10.1. The lowest BCUT2D eigenvalue weighted by atomic mass is 9.89. The number of rotatable bonds is 11. The molecule has 0 heterocycles. The van der Waals surface area contributed by atoms with E-state index in [9.17, 15) is 5.11 Å². The van der Waals surface area contributed by atoms with Gasteiger partial charge in [-0.1, -0.05) is 87.9 Å². The summed E-state index contributed by atoms with van der Waals surface area (Å²) >= 11 is 0. The zero-order chi connectivity index (χ0) is 18.8. The maximum atomic E-state index is 10.7. The molecule has 2 aromatic carbocycles. The lowest BCUT2D eigenvalue weighted by Gasteiger charge is -2.31. The van der Waals surface area contributed by atoms with Gasteiger partial charge in [0, 0.05) is 19.6 Å². The second kappa shape index (κ2) is 11.2. The van der Waals surface area contributed by atoms with Gasteiger partial charge < -0.3 is 5.11 Å². The van der Waals surface area contributed by atoms with E-state index in [0.717, 1.165) is 38.9 Å². The molecule has 0 saturated carbocycles. The molecule has 0 radical (unpaired) electrons. The number of aliphatic hydroxyl groups excluding tert-OH is 1. The first kappa shape index (κ1) is 20.7. The fourth-order valence-corrected chi connectivity index (χ4v) is 3.69. The molecule has 0 bridgehead atoms. The van der Waals surface area contributed by atoms with Gasteiger partial charge in [-0.05, 0) is 35.8 Å². The van der Waals surface area contributed by atoms with Crippen LogP contribution in [0.3, 0.4) is 0 Å². The van der Waals surface area contributed by atoms with E-state index in [1.807, 2.05) is 0 Å². The largest absolute Gasteiger partial charge is 0.393 e. The van der Waals surface area contributed by atoms with Gasteiger partial charge in [-0.25, -0.2) is 0 Å². The van der Waals surface area contributed by atoms with Crippen molar-refractivity contribution in [2.75, 3.05) is 6.54 Å². The topological polar surface area (TPSA) is 23.5 Å². The van der Waals surface area contributed by atoms with Crippen LogP contribution in [0.15, 0.2) is 60.7 Å². The Morgan fingerprint density at radius 2 is 1.35 bits per heavy atom. The summed E-state index contributed by atoms with van der Waals surface area (Å²) in [7, 11) is 0. The van der Waals surface area contributed by atoms with Gasteiger partial charge in [0.15, 0.2) is 0 Å². The van der Waals surface area contributed by atoms with Crippen molar-refractivity contribution in [3.05, 3.63) is 71.8 Å². The molecular formula is C24H35NO. The van der Waals surface area contributed by atoms with Gasteiger partial charge in [-0.3, -0.25) is 4.90 Å². The van der Waals surface area contributed by atoms with Crippen LogP contribution in [0.5, 0.6) is 0 Å². The molecule has 2 rings (SSSR count). The fraction of sp³-hybridized carbons (Fsp3) is 0.500. The molecule has 0 saturated heterocycles. The van der Waals surface area contributed by atoms with Crippen molar-refractivity contribution in [2.45, 2.75) is 59.2 Å². The fourth-order valence-electron chi connectivity index (χ4n) is 3.69. The summed E-state index contributed by atoms with van der Waals surface area (Å²) in [6, 6.07) is 21.3. The van der Waals surface area contributed by atoms with Crippen LogP contribution in [0.25, 0.3) is 0 Å². The summed E-state index contributed by atoms with van der Waals surface area (Å²) in [4.78, 5) is 2.50. The normalized spacial score (nSPS) is 13.9. The SMILES string of the molecule is CCC[C@@H](O)[C@H](CC(C)C)CN(Cc1ccccc1)Cc1ccccc1. The Morgan fingerprint density at radius 3 is 1.77 bits per heavy atom. The maximum Gasteiger partial charge on any atom is 0.0580 e. The summed E-state index contributed by atoms with van der Waals surface area (Å²) in [6.07, 6.45) is 2.78. The van der Waals surface area contributed by atoms with E-state index in [1.165, 1.54) is 11.1 Å². The Kier molecular flexibility index (Phi) is 8.87. The molecule has 0 fully saturated rings. The van der Waals surface area contributed by atoms with Crippen LogP contribution >= 0.6 is 0 Å². The Morgan fingerprint density at radius 1 is 0.846 bits per heavy atom. The van der Waals surface area contributed by atoms with E-state index in [-0.39, 0.29) is 6.10 Å². The third-order valence-electron chi connectivity index (χ3n) is 4.89. The van der Waals surface area contributed by atoms with Crippen LogP contribution in [0.4, 0.5) is 0 Å². The van der Waals surface area contributed by atoms with E-state index >= 15 is 0 Å². The maximum absolute atomic E-state index is 10.7. The monoisotopic (exact) mass is 353 g/mol. The molecular weight excluding hydrogens is 318 g/mol. The van der Waals surface area contributed by atoms with Gasteiger partial charge in [-0.2, -0.15) is 0 Å². The van der Waals surface area contributed by atoms with Crippen LogP contribution in [0, 0.1) is 11.8 Å². The molecule has 0 aliphatic rings. The van der Waals surface area contributed by atoms with Crippen LogP contribution in [-0.2, 0) is 13.1 Å². The van der Waals surface area contributed by atoms with Crippen molar-refractivity contribution < 1.29 is 5.11 Å². The molecule has 2 aromatic rings. The molecule has 26 heavy (non-hydrogen) atoms. The van der Waals surface area contributed by atoms with Crippen LogP contribution < -0.4 is 0 Å². The number of hydrogen-bond donors (Lipinski definition) is 1. The van der Waals surface area contributed by atoms with E-state index in [1.54, 1.807) is 0 Å². The summed E-state index contributed by atoms with van der Waals surface area (Å²) in [5, 5.41) is 10.7. The Labute approximate surface area is 159 Å². The average Bonchev–Trinajstić information content (AvgIpc) is 2.62. The Hall–Kier alpha value is -1.64. The molecule has 2 nitrogen and oxygen atoms in total. The van der Waals surface area contributed by atoms with Gasteiger partial charge in [0.05, 0.1) is 6.10 Å². The van der Waals surface area contributed by atoms with Gasteiger partial charge in [-0.15, -0.1) is 0 Å². The Bertz CT molecular complexity index is 555. The van der Waals surface area contributed by atoms with Crippen molar-refractivity contribution in [3.8, 4) is 0 Å². The summed E-state index contributed by atoms with van der Waals surface area (Å²) in [5.74, 6) is 0.921. The highest BCUT2D eigenvalue weighted by Gasteiger charge is 2.23. The number of aliphatic hydroxyl groups is 1. The predicted molar refractivity (Wildman–Crippen MR) is 111 cm³/mol. The van der Waals surface area contributed by atoms with E-state index in [4.69, 9.17) is 0 Å². The summed E-state index contributed by atoms with van der Waals surface area (Å²) < 4.78 is 0. The summed E-state index contributed by atoms with van der Waals surface area (Å²) in [6.45, 7) is 9.44. The van der Waals surface area contributed by atoms with Gasteiger partial charge in [0.2, 0.25) is 0 Å². The minimum Gasteiger partial charge on any atom is -0.393 e. The molecule has 0 spiro atoms. The Balaban J connectivity index is 2.14. The van der Waals surface area contributed by atoms with Gasteiger partial charge in [0.1, 0.15) is 0 Å². The zero-order valence-electron chi connectivity index (χ0n) is 16.6. The third kappa shape index (κ3) is 7.31. The average molecular weight is 354 g/mol. The number of benzene rings is 2. The second-order valence-corrected chi connectivity index (χ2v) is 7.89. The molecule has 2 atom stereocenters. The van der Waals surface area contributed by atoms with Crippen molar-refractivity contribution in [2.24, 2.45) is 11.8 Å². The molecule has 0 unspecified atom stereocenters. The highest BCUT2D eigenvalue weighted by atomic mass is 16.3. The first-order valence-corrected chi connectivity index (χ1v) is 10.1. The van der Waals surface area contributed by atoms with Crippen molar-refractivity contribution >= 4 is 0 Å². The lowest BCUT2D eigenvalue weighted by molar-refractivity contribution is 0.0560. The highest BCUT2D eigenvalue weighted by molar-refractivity contribution is 5.17.